The van der Waals surface area contributed by atoms with E-state index in [-0.39, 0.29) is 17.9 Å². The maximum Gasteiger partial charge on any atom is 0.266 e. The number of thiazole rings is 1. The van der Waals surface area contributed by atoms with Crippen molar-refractivity contribution in [2.75, 3.05) is 6.54 Å². The molecule has 1 saturated carbocycles. The summed E-state index contributed by atoms with van der Waals surface area (Å²) >= 11 is 1.43. The monoisotopic (exact) mass is 293 g/mol. The molecule has 2 amide bonds. The van der Waals surface area contributed by atoms with Crippen molar-refractivity contribution in [2.24, 2.45) is 0 Å². The van der Waals surface area contributed by atoms with Gasteiger partial charge in [0.05, 0.1) is 11.2 Å². The molecule has 6 heteroatoms. The second kappa shape index (κ2) is 5.52. The van der Waals surface area contributed by atoms with Crippen LogP contribution in [0.3, 0.4) is 0 Å². The Morgan fingerprint density at radius 2 is 2.25 bits per heavy atom. The quantitative estimate of drug-likeness (QED) is 0.917. The second-order valence-electron chi connectivity index (χ2n) is 5.41. The molecule has 20 heavy (non-hydrogen) atoms. The van der Waals surface area contributed by atoms with Crippen LogP contribution in [0.2, 0.25) is 0 Å². The van der Waals surface area contributed by atoms with Gasteiger partial charge in [-0.25, -0.2) is 4.98 Å². The fraction of sp³-hybridized carbons (Fsp3) is 0.643. The van der Waals surface area contributed by atoms with Crippen molar-refractivity contribution in [1.29, 1.82) is 0 Å². The van der Waals surface area contributed by atoms with Gasteiger partial charge in [0.15, 0.2) is 0 Å². The van der Waals surface area contributed by atoms with Crippen LogP contribution in [0.4, 0.5) is 0 Å². The summed E-state index contributed by atoms with van der Waals surface area (Å²) in [5.41, 5.74) is 0. The molecule has 1 atom stereocenters. The molecule has 5 nitrogen and oxygen atoms in total. The van der Waals surface area contributed by atoms with E-state index in [0.717, 1.165) is 37.1 Å². The Hall–Kier alpha value is -1.43. The van der Waals surface area contributed by atoms with Gasteiger partial charge in [-0.1, -0.05) is 6.92 Å². The molecule has 2 heterocycles. The van der Waals surface area contributed by atoms with Crippen molar-refractivity contribution in [3.8, 4) is 0 Å². The van der Waals surface area contributed by atoms with Crippen molar-refractivity contribution >= 4 is 23.2 Å². The van der Waals surface area contributed by atoms with Crippen molar-refractivity contribution < 1.29 is 9.59 Å². The third-order valence-electron chi connectivity index (χ3n) is 3.81. The number of hydrogen-bond acceptors (Lipinski definition) is 4. The molecule has 1 aromatic rings. The first-order valence-electron chi connectivity index (χ1n) is 7.25. The number of aryl methyl sites for hydroxylation is 1. The fourth-order valence-electron chi connectivity index (χ4n) is 2.52. The first kappa shape index (κ1) is 13.5. The summed E-state index contributed by atoms with van der Waals surface area (Å²) in [5.74, 6) is -0.0331. The van der Waals surface area contributed by atoms with Crippen molar-refractivity contribution in [3.05, 3.63) is 16.1 Å². The van der Waals surface area contributed by atoms with Crippen LogP contribution < -0.4 is 5.32 Å². The van der Waals surface area contributed by atoms with Gasteiger partial charge in [0, 0.05) is 12.6 Å². The lowest BCUT2D eigenvalue weighted by Gasteiger charge is -2.23. The number of likely N-dealkylation sites (tertiary alicyclic amines) is 1. The second-order valence-corrected chi connectivity index (χ2v) is 6.53. The highest BCUT2D eigenvalue weighted by atomic mass is 32.1. The maximum absolute atomic E-state index is 12.5. The van der Waals surface area contributed by atoms with Crippen molar-refractivity contribution in [3.63, 3.8) is 0 Å². The van der Waals surface area contributed by atoms with Crippen LogP contribution >= 0.6 is 11.3 Å². The van der Waals surface area contributed by atoms with E-state index in [4.69, 9.17) is 0 Å². The van der Waals surface area contributed by atoms with E-state index in [1.54, 1.807) is 11.1 Å². The van der Waals surface area contributed by atoms with Gasteiger partial charge in [0.25, 0.3) is 5.91 Å². The van der Waals surface area contributed by atoms with Gasteiger partial charge < -0.3 is 10.2 Å². The first-order valence-corrected chi connectivity index (χ1v) is 8.06. The predicted molar refractivity (Wildman–Crippen MR) is 76.7 cm³/mol. The van der Waals surface area contributed by atoms with Crippen LogP contribution in [0, 0.1) is 0 Å². The van der Waals surface area contributed by atoms with Crippen molar-refractivity contribution in [1.82, 2.24) is 15.2 Å². The molecule has 0 aromatic carbocycles. The van der Waals surface area contributed by atoms with E-state index >= 15 is 0 Å². The van der Waals surface area contributed by atoms with E-state index in [1.165, 1.54) is 11.3 Å². The lowest BCUT2D eigenvalue weighted by Crippen LogP contribution is -2.46. The van der Waals surface area contributed by atoms with Gasteiger partial charge in [-0.2, -0.15) is 0 Å². The normalized spacial score (nSPS) is 22.1. The average Bonchev–Trinajstić information content (AvgIpc) is 2.99. The zero-order chi connectivity index (χ0) is 14.1. The predicted octanol–water partition coefficient (Wildman–Crippen LogP) is 1.59. The molecule has 1 N–H and O–H groups in total. The summed E-state index contributed by atoms with van der Waals surface area (Å²) in [7, 11) is 0. The van der Waals surface area contributed by atoms with Gasteiger partial charge in [-0.05, 0) is 32.1 Å². The minimum absolute atomic E-state index is 0.0126. The number of nitrogens with one attached hydrogen (secondary N) is 1. The zero-order valence-corrected chi connectivity index (χ0v) is 12.4. The first-order chi connectivity index (χ1) is 9.69. The lowest BCUT2D eigenvalue weighted by molar-refractivity contribution is -0.125. The molecule has 1 aliphatic heterocycles. The molecule has 2 fully saturated rings. The number of aromatic nitrogens is 1. The molecule has 1 aromatic heterocycles. The van der Waals surface area contributed by atoms with Crippen LogP contribution in [0.5, 0.6) is 0 Å². The average molecular weight is 293 g/mol. The number of rotatable bonds is 4. The smallest absolute Gasteiger partial charge is 0.266 e. The molecule has 1 unspecified atom stereocenters. The summed E-state index contributed by atoms with van der Waals surface area (Å²) in [4.78, 5) is 31.3. The summed E-state index contributed by atoms with van der Waals surface area (Å²) in [5, 5.41) is 3.97. The SMILES string of the molecule is CCc1ncc(C(=O)N2CCCC2C(=O)NC2CC2)s1. The Balaban J connectivity index is 1.70. The number of carbonyl (C=O) groups excluding carboxylic acids is 2. The Bertz CT molecular complexity index is 524. The van der Waals surface area contributed by atoms with Crippen LogP contribution in [-0.2, 0) is 11.2 Å². The van der Waals surface area contributed by atoms with E-state index in [0.29, 0.717) is 17.5 Å². The molecule has 1 saturated heterocycles. The van der Waals surface area contributed by atoms with Crippen LogP contribution in [0.1, 0.15) is 47.3 Å². The minimum Gasteiger partial charge on any atom is -0.352 e. The van der Waals surface area contributed by atoms with E-state index in [1.807, 2.05) is 6.92 Å². The molecule has 2 aliphatic rings. The Kier molecular flexibility index (Phi) is 3.74. The number of nitrogens with zero attached hydrogens (tertiary/aromatic N) is 2. The van der Waals surface area contributed by atoms with E-state index in [2.05, 4.69) is 10.3 Å². The highest BCUT2D eigenvalue weighted by molar-refractivity contribution is 7.13. The van der Waals surface area contributed by atoms with Gasteiger partial charge in [0.1, 0.15) is 10.9 Å². The van der Waals surface area contributed by atoms with Gasteiger partial charge in [-0.3, -0.25) is 9.59 Å². The van der Waals surface area contributed by atoms with Crippen LogP contribution in [0.15, 0.2) is 6.20 Å². The molecule has 0 radical (unpaired) electrons. The summed E-state index contributed by atoms with van der Waals surface area (Å²) in [6.45, 7) is 2.69. The topological polar surface area (TPSA) is 62.3 Å². The molecule has 3 rings (SSSR count). The number of hydrogen-bond donors (Lipinski definition) is 1. The van der Waals surface area contributed by atoms with Crippen molar-refractivity contribution in [2.45, 2.75) is 51.1 Å². The molecule has 108 valence electrons. The Morgan fingerprint density at radius 1 is 1.45 bits per heavy atom. The molecular weight excluding hydrogens is 274 g/mol. The highest BCUT2D eigenvalue weighted by Gasteiger charge is 2.37. The van der Waals surface area contributed by atoms with Gasteiger partial charge in [0.2, 0.25) is 5.91 Å². The third kappa shape index (κ3) is 2.70. The lowest BCUT2D eigenvalue weighted by atomic mass is 10.2. The van der Waals surface area contributed by atoms with Gasteiger partial charge >= 0.3 is 0 Å². The Morgan fingerprint density at radius 3 is 2.90 bits per heavy atom. The number of carbonyl (C=O) groups is 2. The maximum atomic E-state index is 12.5. The Labute approximate surface area is 122 Å². The molecular formula is C14H19N3O2S. The highest BCUT2D eigenvalue weighted by Crippen LogP contribution is 2.25. The number of amides is 2. The van der Waals surface area contributed by atoms with E-state index < -0.39 is 0 Å². The zero-order valence-electron chi connectivity index (χ0n) is 11.6. The van der Waals surface area contributed by atoms with Gasteiger partial charge in [-0.15, -0.1) is 11.3 Å². The molecule has 1 aliphatic carbocycles. The minimum atomic E-state index is -0.296. The third-order valence-corrected chi connectivity index (χ3v) is 4.94. The summed E-state index contributed by atoms with van der Waals surface area (Å²) in [6.07, 6.45) is 6.28. The molecule has 0 spiro atoms. The summed E-state index contributed by atoms with van der Waals surface area (Å²) in [6, 6.07) is 0.0467. The largest absolute Gasteiger partial charge is 0.352 e. The van der Waals surface area contributed by atoms with Crippen LogP contribution in [0.25, 0.3) is 0 Å². The summed E-state index contributed by atoms with van der Waals surface area (Å²) < 4.78 is 0. The fourth-order valence-corrected chi connectivity index (χ4v) is 3.34. The van der Waals surface area contributed by atoms with Crippen LogP contribution in [-0.4, -0.2) is 40.3 Å². The molecule has 0 bridgehead atoms. The van der Waals surface area contributed by atoms with E-state index in [9.17, 15) is 9.59 Å². The standard InChI is InChI=1S/C14H19N3O2S/c1-2-12-15-8-11(20-12)14(19)17-7-3-4-10(17)13(18)16-9-5-6-9/h8-10H,2-7H2,1H3,(H,16,18).